The van der Waals surface area contributed by atoms with Crippen molar-refractivity contribution in [2.45, 2.75) is 25.9 Å². The normalized spacial score (nSPS) is 13.6. The first-order valence-electron chi connectivity index (χ1n) is 8.76. The Hall–Kier alpha value is -3.53. The number of esters is 1. The third kappa shape index (κ3) is 4.80. The Morgan fingerprint density at radius 2 is 2.00 bits per heavy atom. The number of nitrogens with one attached hydrogen (secondary N) is 1. The Labute approximate surface area is 162 Å². The lowest BCUT2D eigenvalue weighted by atomic mass is 10.0. The number of hydrogen-bond donors (Lipinski definition) is 1. The fourth-order valence-electron chi connectivity index (χ4n) is 2.89. The zero-order chi connectivity index (χ0) is 20.1. The van der Waals surface area contributed by atoms with Gasteiger partial charge in [0, 0.05) is 17.7 Å². The molecule has 0 atom stereocenters. The molecule has 0 saturated heterocycles. The Morgan fingerprint density at radius 1 is 1.21 bits per heavy atom. The maximum absolute atomic E-state index is 11.9. The summed E-state index contributed by atoms with van der Waals surface area (Å²) in [5.41, 5.74) is 1.58. The van der Waals surface area contributed by atoms with Crippen LogP contribution in [0.25, 0.3) is 0 Å². The fraction of sp³-hybridized carbons (Fsp3) is 0.286. The number of rotatable bonds is 6. The Morgan fingerprint density at radius 3 is 2.79 bits per heavy atom. The van der Waals surface area contributed by atoms with Gasteiger partial charge in [0.25, 0.3) is 5.91 Å². The average Bonchev–Trinajstić information content (AvgIpc) is 2.99. The van der Waals surface area contributed by atoms with Gasteiger partial charge in [-0.15, -0.1) is 0 Å². The van der Waals surface area contributed by atoms with E-state index in [9.17, 15) is 9.59 Å². The first-order chi connectivity index (χ1) is 13.4. The Bertz CT molecular complexity index is 946. The number of fused-ring (bicyclic) bond motifs is 1. The number of carbonyl (C=O) groups excluding carboxylic acids is 2. The summed E-state index contributed by atoms with van der Waals surface area (Å²) in [4.78, 5) is 23.8. The van der Waals surface area contributed by atoms with Crippen molar-refractivity contribution in [3.8, 4) is 17.6 Å². The van der Waals surface area contributed by atoms with Crippen molar-refractivity contribution in [2.75, 3.05) is 18.5 Å². The summed E-state index contributed by atoms with van der Waals surface area (Å²) in [5.74, 6) is -0.0712. The van der Waals surface area contributed by atoms with E-state index >= 15 is 0 Å². The van der Waals surface area contributed by atoms with Crippen LogP contribution in [0.4, 0.5) is 5.69 Å². The van der Waals surface area contributed by atoms with E-state index in [1.165, 1.54) is 6.07 Å². The minimum absolute atomic E-state index is 0.316. The van der Waals surface area contributed by atoms with Gasteiger partial charge in [0.15, 0.2) is 24.7 Å². The van der Waals surface area contributed by atoms with Crippen LogP contribution < -0.4 is 14.8 Å². The highest BCUT2D eigenvalue weighted by molar-refractivity contribution is 5.93. The second kappa shape index (κ2) is 8.01. The molecule has 0 spiro atoms. The molecule has 0 fully saturated rings. The molecule has 7 heteroatoms. The summed E-state index contributed by atoms with van der Waals surface area (Å²) in [5, 5.41) is 11.4. The second-order valence-electron chi connectivity index (χ2n) is 6.97. The molecule has 0 unspecified atom stereocenters. The minimum Gasteiger partial charge on any atom is -0.483 e. The van der Waals surface area contributed by atoms with Crippen LogP contribution in [-0.2, 0) is 20.7 Å². The van der Waals surface area contributed by atoms with Gasteiger partial charge in [0.2, 0.25) is 0 Å². The zero-order valence-electron chi connectivity index (χ0n) is 15.7. The summed E-state index contributed by atoms with van der Waals surface area (Å²) in [6, 6.07) is 13.9. The first kappa shape index (κ1) is 19.2. The van der Waals surface area contributed by atoms with Crippen molar-refractivity contribution < 1.29 is 23.8 Å². The molecule has 0 radical (unpaired) electrons. The molecule has 2 aromatic carbocycles. The summed E-state index contributed by atoms with van der Waals surface area (Å²) < 4.78 is 16.3. The van der Waals surface area contributed by atoms with E-state index in [4.69, 9.17) is 19.5 Å². The smallest absolute Gasteiger partial charge is 0.344 e. The van der Waals surface area contributed by atoms with E-state index in [1.54, 1.807) is 24.3 Å². The van der Waals surface area contributed by atoms with Crippen LogP contribution >= 0.6 is 0 Å². The molecular weight excluding hydrogens is 360 g/mol. The Balaban J connectivity index is 1.47. The number of hydrogen-bond acceptors (Lipinski definition) is 6. The largest absolute Gasteiger partial charge is 0.483 e. The van der Waals surface area contributed by atoms with Crippen molar-refractivity contribution in [3.05, 3.63) is 53.6 Å². The van der Waals surface area contributed by atoms with Gasteiger partial charge in [0.05, 0.1) is 11.6 Å². The van der Waals surface area contributed by atoms with Gasteiger partial charge < -0.3 is 19.5 Å². The van der Waals surface area contributed by atoms with E-state index in [0.717, 1.165) is 12.0 Å². The lowest BCUT2D eigenvalue weighted by Gasteiger charge is -2.18. The van der Waals surface area contributed by atoms with Crippen LogP contribution in [0.5, 0.6) is 11.5 Å². The molecule has 144 valence electrons. The molecule has 7 nitrogen and oxygen atoms in total. The van der Waals surface area contributed by atoms with Crippen LogP contribution in [0.15, 0.2) is 42.5 Å². The monoisotopic (exact) mass is 380 g/mol. The number of ether oxygens (including phenoxy) is 3. The van der Waals surface area contributed by atoms with Crippen molar-refractivity contribution in [3.63, 3.8) is 0 Å². The third-order valence-electron chi connectivity index (χ3n) is 4.04. The highest BCUT2D eigenvalue weighted by Gasteiger charge is 2.32. The molecule has 1 aliphatic rings. The molecule has 0 aromatic heterocycles. The molecule has 1 aliphatic heterocycles. The number of anilines is 1. The lowest BCUT2D eigenvalue weighted by molar-refractivity contribution is -0.149. The maximum atomic E-state index is 11.9. The summed E-state index contributed by atoms with van der Waals surface area (Å²) in [6.07, 6.45) is 0.761. The number of nitriles is 1. The number of benzene rings is 2. The highest BCUT2D eigenvalue weighted by Crippen LogP contribution is 2.41. The standard InChI is InChI=1S/C21H20N2O5/c1-21(2)10-15-6-4-8-17(20(15)28-21)26-13-19(25)27-12-18(24)23-16-7-3-5-14(9-16)11-22/h3-9H,10,12-13H2,1-2H3,(H,23,24). The predicted molar refractivity (Wildman–Crippen MR) is 101 cm³/mol. The molecule has 3 rings (SSSR count). The van der Waals surface area contributed by atoms with Crippen molar-refractivity contribution in [1.82, 2.24) is 0 Å². The molecule has 1 heterocycles. The van der Waals surface area contributed by atoms with Crippen LogP contribution in [-0.4, -0.2) is 30.7 Å². The molecular formula is C21H20N2O5. The molecule has 2 aromatic rings. The fourth-order valence-corrected chi connectivity index (χ4v) is 2.89. The first-order valence-corrected chi connectivity index (χ1v) is 8.76. The molecule has 0 bridgehead atoms. The van der Waals surface area contributed by atoms with Gasteiger partial charge in [-0.1, -0.05) is 18.2 Å². The number of para-hydroxylation sites is 1. The van der Waals surface area contributed by atoms with E-state index in [-0.39, 0.29) is 12.2 Å². The number of carbonyl (C=O) groups is 2. The molecule has 1 amide bonds. The quantitative estimate of drug-likeness (QED) is 0.774. The van der Waals surface area contributed by atoms with Gasteiger partial charge in [-0.2, -0.15) is 5.26 Å². The summed E-state index contributed by atoms with van der Waals surface area (Å²) in [7, 11) is 0. The van der Waals surface area contributed by atoms with Gasteiger partial charge in [0.1, 0.15) is 5.60 Å². The topological polar surface area (TPSA) is 97.6 Å². The van der Waals surface area contributed by atoms with Gasteiger partial charge in [-0.3, -0.25) is 4.79 Å². The summed E-state index contributed by atoms with van der Waals surface area (Å²) in [6.45, 7) is 3.18. The predicted octanol–water partition coefficient (Wildman–Crippen LogP) is 2.83. The van der Waals surface area contributed by atoms with Crippen molar-refractivity contribution in [1.29, 1.82) is 5.26 Å². The van der Waals surface area contributed by atoms with Gasteiger partial charge in [-0.05, 0) is 38.1 Å². The molecule has 0 saturated carbocycles. The molecule has 28 heavy (non-hydrogen) atoms. The average molecular weight is 380 g/mol. The van der Waals surface area contributed by atoms with Gasteiger partial charge in [-0.25, -0.2) is 4.79 Å². The second-order valence-corrected chi connectivity index (χ2v) is 6.97. The van der Waals surface area contributed by atoms with Crippen molar-refractivity contribution in [2.24, 2.45) is 0 Å². The van der Waals surface area contributed by atoms with E-state index in [0.29, 0.717) is 22.7 Å². The zero-order valence-corrected chi connectivity index (χ0v) is 15.7. The van der Waals surface area contributed by atoms with Gasteiger partial charge >= 0.3 is 5.97 Å². The number of amides is 1. The highest BCUT2D eigenvalue weighted by atomic mass is 16.6. The summed E-state index contributed by atoms with van der Waals surface area (Å²) >= 11 is 0. The molecule has 0 aliphatic carbocycles. The minimum atomic E-state index is -0.671. The lowest BCUT2D eigenvalue weighted by Crippen LogP contribution is -2.25. The maximum Gasteiger partial charge on any atom is 0.344 e. The SMILES string of the molecule is CC1(C)Cc2cccc(OCC(=O)OCC(=O)Nc3cccc(C#N)c3)c2O1. The van der Waals surface area contributed by atoms with Crippen LogP contribution in [0.3, 0.4) is 0 Å². The third-order valence-corrected chi connectivity index (χ3v) is 4.04. The molecule has 1 N–H and O–H groups in total. The van der Waals surface area contributed by atoms with E-state index in [2.05, 4.69) is 5.32 Å². The van der Waals surface area contributed by atoms with E-state index < -0.39 is 18.5 Å². The van der Waals surface area contributed by atoms with Crippen LogP contribution in [0, 0.1) is 11.3 Å². The number of nitrogens with zero attached hydrogens (tertiary/aromatic N) is 1. The van der Waals surface area contributed by atoms with E-state index in [1.807, 2.05) is 32.0 Å². The van der Waals surface area contributed by atoms with Crippen LogP contribution in [0.1, 0.15) is 25.0 Å². The van der Waals surface area contributed by atoms with Crippen LogP contribution in [0.2, 0.25) is 0 Å². The Kier molecular flexibility index (Phi) is 5.50. The van der Waals surface area contributed by atoms with Crippen molar-refractivity contribution >= 4 is 17.6 Å².